The molecule has 4 nitrogen and oxygen atoms in total. The van der Waals surface area contributed by atoms with E-state index in [1.54, 1.807) is 12.4 Å². The minimum Gasteiger partial charge on any atom is -0.265 e. The molecule has 3 aromatic rings. The van der Waals surface area contributed by atoms with E-state index in [0.29, 0.717) is 10.9 Å². The monoisotopic (exact) mass is 346 g/mol. The predicted molar refractivity (Wildman–Crippen MR) is 102 cm³/mol. The number of hydrogen-bond acceptors (Lipinski definition) is 4. The fourth-order valence-corrected chi connectivity index (χ4v) is 2.85. The van der Waals surface area contributed by atoms with E-state index in [-0.39, 0.29) is 0 Å². The Bertz CT molecular complexity index is 976. The number of nitrogens with one attached hydrogen (secondary N) is 1. The average Bonchev–Trinajstić information content (AvgIpc) is 2.83. The molecule has 0 atom stereocenters. The van der Waals surface area contributed by atoms with E-state index < -0.39 is 0 Å². The van der Waals surface area contributed by atoms with Gasteiger partial charge in [0.15, 0.2) is 5.84 Å². The van der Waals surface area contributed by atoms with E-state index in [9.17, 15) is 0 Å². The van der Waals surface area contributed by atoms with Gasteiger partial charge in [0, 0.05) is 34.1 Å². The Morgan fingerprint density at radius 2 is 1.64 bits per heavy atom. The van der Waals surface area contributed by atoms with Gasteiger partial charge in [0.2, 0.25) is 0 Å². The molecule has 0 radical (unpaired) electrons. The molecule has 0 saturated heterocycles. The topological polar surface area (TPSA) is 49.6 Å². The van der Waals surface area contributed by atoms with Crippen LogP contribution in [0.4, 0.5) is 5.69 Å². The Labute approximate surface area is 150 Å². The fourth-order valence-electron chi connectivity index (χ4n) is 2.68. The Morgan fingerprint density at radius 3 is 2.40 bits per heavy atom. The number of aliphatic imine (C=N–C) groups is 1. The molecule has 0 amide bonds. The van der Waals surface area contributed by atoms with Crippen molar-refractivity contribution in [3.63, 3.8) is 0 Å². The maximum atomic E-state index is 6.23. The van der Waals surface area contributed by atoms with Crippen LogP contribution in [0.5, 0.6) is 0 Å². The zero-order chi connectivity index (χ0) is 17.2. The molecular weight excluding hydrogens is 332 g/mol. The smallest absolute Gasteiger partial charge is 0.154 e. The highest BCUT2D eigenvalue weighted by Crippen LogP contribution is 2.28. The lowest BCUT2D eigenvalue weighted by molar-refractivity contribution is 1.03. The van der Waals surface area contributed by atoms with E-state index in [1.807, 2.05) is 30.3 Å². The van der Waals surface area contributed by atoms with Gasteiger partial charge >= 0.3 is 0 Å². The number of hydrazone groups is 1. The van der Waals surface area contributed by atoms with Crippen molar-refractivity contribution in [1.82, 2.24) is 10.4 Å². The van der Waals surface area contributed by atoms with Crippen LogP contribution in [0.3, 0.4) is 0 Å². The highest BCUT2D eigenvalue weighted by molar-refractivity contribution is 6.31. The Balaban J connectivity index is 1.87. The van der Waals surface area contributed by atoms with Crippen molar-refractivity contribution >= 4 is 28.8 Å². The number of nitrogens with zero attached hydrogens (tertiary/aromatic N) is 3. The molecule has 1 N–H and O–H groups in total. The number of aryl methyl sites for hydroxylation is 1. The van der Waals surface area contributed by atoms with Gasteiger partial charge in [0.05, 0.1) is 5.69 Å². The number of fused-ring (bicyclic) bond motifs is 1. The number of amidine groups is 1. The van der Waals surface area contributed by atoms with E-state index >= 15 is 0 Å². The van der Waals surface area contributed by atoms with Gasteiger partial charge in [-0.25, -0.2) is 4.99 Å². The highest BCUT2D eigenvalue weighted by atomic mass is 35.5. The van der Waals surface area contributed by atoms with Gasteiger partial charge in [-0.2, -0.15) is 5.10 Å². The molecular formula is C20H15ClN4. The third-order valence-corrected chi connectivity index (χ3v) is 4.23. The zero-order valence-corrected chi connectivity index (χ0v) is 14.3. The van der Waals surface area contributed by atoms with Crippen LogP contribution in [0.2, 0.25) is 5.02 Å². The van der Waals surface area contributed by atoms with Crippen LogP contribution in [0, 0.1) is 6.92 Å². The number of hydrogen-bond donors (Lipinski definition) is 1. The van der Waals surface area contributed by atoms with E-state index in [2.05, 4.69) is 46.7 Å². The minimum absolute atomic E-state index is 0.654. The third-order valence-electron chi connectivity index (χ3n) is 4.00. The van der Waals surface area contributed by atoms with Crippen molar-refractivity contribution in [1.29, 1.82) is 0 Å². The van der Waals surface area contributed by atoms with Gasteiger partial charge in [-0.05, 0) is 37.3 Å². The molecule has 122 valence electrons. The van der Waals surface area contributed by atoms with E-state index in [0.717, 1.165) is 28.1 Å². The molecule has 5 heteroatoms. The highest BCUT2D eigenvalue weighted by Gasteiger charge is 2.17. The molecule has 1 aliphatic heterocycles. The van der Waals surface area contributed by atoms with Crippen LogP contribution in [-0.4, -0.2) is 16.5 Å². The quantitative estimate of drug-likeness (QED) is 0.743. The van der Waals surface area contributed by atoms with Crippen LogP contribution < -0.4 is 5.43 Å². The second kappa shape index (κ2) is 6.49. The summed E-state index contributed by atoms with van der Waals surface area (Å²) in [5.41, 5.74) is 8.75. The van der Waals surface area contributed by atoms with E-state index in [1.165, 1.54) is 5.56 Å². The Kier molecular flexibility index (Phi) is 4.04. The summed E-state index contributed by atoms with van der Waals surface area (Å²) in [6.07, 6.45) is 3.47. The van der Waals surface area contributed by atoms with Gasteiger partial charge in [0.1, 0.15) is 5.71 Å². The number of rotatable bonds is 2. The molecule has 0 fully saturated rings. The lowest BCUT2D eigenvalue weighted by atomic mass is 10.00. The molecule has 2 heterocycles. The largest absolute Gasteiger partial charge is 0.265 e. The van der Waals surface area contributed by atoms with Crippen LogP contribution in [0.1, 0.15) is 22.3 Å². The zero-order valence-electron chi connectivity index (χ0n) is 13.6. The second-order valence-corrected chi connectivity index (χ2v) is 6.23. The Morgan fingerprint density at radius 1 is 0.880 bits per heavy atom. The SMILES string of the molecule is Cc1ccc(C2=NNC(c3ccncc3)=Nc3ccc(Cl)cc32)cc1. The van der Waals surface area contributed by atoms with Crippen molar-refractivity contribution in [3.8, 4) is 0 Å². The maximum Gasteiger partial charge on any atom is 0.154 e. The summed E-state index contributed by atoms with van der Waals surface area (Å²) in [7, 11) is 0. The molecule has 0 saturated carbocycles. The van der Waals surface area contributed by atoms with Gasteiger partial charge in [-0.1, -0.05) is 41.4 Å². The fraction of sp³-hybridized carbons (Fsp3) is 0.0500. The standard InChI is InChI=1S/C20H15ClN4/c1-13-2-4-14(5-3-13)19-17-12-16(21)6-7-18(17)23-20(25-24-19)15-8-10-22-11-9-15/h2-12H,1H3,(H,23,25). The van der Waals surface area contributed by atoms with Gasteiger partial charge in [0.25, 0.3) is 0 Å². The molecule has 4 rings (SSSR count). The Hall–Kier alpha value is -2.98. The third kappa shape index (κ3) is 3.16. The molecule has 25 heavy (non-hydrogen) atoms. The molecule has 1 aromatic heterocycles. The van der Waals surface area contributed by atoms with Gasteiger partial charge < -0.3 is 0 Å². The summed E-state index contributed by atoms with van der Waals surface area (Å²) < 4.78 is 0. The van der Waals surface area contributed by atoms with E-state index in [4.69, 9.17) is 16.6 Å². The lowest BCUT2D eigenvalue weighted by Gasteiger charge is -2.08. The molecule has 1 aliphatic rings. The molecule has 0 bridgehead atoms. The van der Waals surface area contributed by atoms with Crippen LogP contribution >= 0.6 is 11.6 Å². The molecule has 0 aliphatic carbocycles. The number of benzene rings is 2. The van der Waals surface area contributed by atoms with Crippen molar-refractivity contribution in [3.05, 3.63) is 94.3 Å². The molecule has 0 spiro atoms. The normalized spacial score (nSPS) is 13.2. The van der Waals surface area contributed by atoms with Crippen LogP contribution in [0.15, 0.2) is 77.1 Å². The summed E-state index contributed by atoms with van der Waals surface area (Å²) in [6.45, 7) is 2.06. The van der Waals surface area contributed by atoms with Crippen LogP contribution in [-0.2, 0) is 0 Å². The first-order valence-electron chi connectivity index (χ1n) is 7.90. The first-order chi connectivity index (χ1) is 12.2. The van der Waals surface area contributed by atoms with Gasteiger partial charge in [-0.15, -0.1) is 0 Å². The summed E-state index contributed by atoms with van der Waals surface area (Å²) in [5, 5.41) is 5.27. The predicted octanol–water partition coefficient (Wildman–Crippen LogP) is 4.48. The van der Waals surface area contributed by atoms with Gasteiger partial charge in [-0.3, -0.25) is 10.4 Å². The average molecular weight is 347 g/mol. The molecule has 0 unspecified atom stereocenters. The number of halogens is 1. The van der Waals surface area contributed by atoms with Crippen molar-refractivity contribution in [2.45, 2.75) is 6.92 Å². The lowest BCUT2D eigenvalue weighted by Crippen LogP contribution is -2.19. The number of aromatic nitrogens is 1. The summed E-state index contributed by atoms with van der Waals surface area (Å²) in [4.78, 5) is 8.80. The minimum atomic E-state index is 0.654. The first-order valence-corrected chi connectivity index (χ1v) is 8.28. The van der Waals surface area contributed by atoms with Crippen molar-refractivity contribution < 1.29 is 0 Å². The van der Waals surface area contributed by atoms with Crippen LogP contribution in [0.25, 0.3) is 0 Å². The molecule has 2 aromatic carbocycles. The first kappa shape index (κ1) is 15.5. The maximum absolute atomic E-state index is 6.23. The number of pyridine rings is 1. The summed E-state index contributed by atoms with van der Waals surface area (Å²) in [5.74, 6) is 0.674. The van der Waals surface area contributed by atoms with Crippen molar-refractivity contribution in [2.24, 2.45) is 10.1 Å². The summed E-state index contributed by atoms with van der Waals surface area (Å²) >= 11 is 6.23. The van der Waals surface area contributed by atoms with Crippen molar-refractivity contribution in [2.75, 3.05) is 0 Å². The summed E-state index contributed by atoms with van der Waals surface area (Å²) in [6, 6.07) is 17.7. The second-order valence-electron chi connectivity index (χ2n) is 5.80.